The van der Waals surface area contributed by atoms with Crippen LogP contribution in [0, 0.1) is 0 Å². The summed E-state index contributed by atoms with van der Waals surface area (Å²) >= 11 is 0. The maximum absolute atomic E-state index is 11.8. The highest BCUT2D eigenvalue weighted by molar-refractivity contribution is 5.94. The number of amides is 1. The van der Waals surface area contributed by atoms with E-state index in [-0.39, 0.29) is 5.91 Å². The Morgan fingerprint density at radius 3 is 2.86 bits per heavy atom. The number of aryl methyl sites for hydroxylation is 1. The second-order valence-electron chi connectivity index (χ2n) is 5.63. The van der Waals surface area contributed by atoms with Crippen LogP contribution in [0.25, 0.3) is 0 Å². The predicted octanol–water partition coefficient (Wildman–Crippen LogP) is 2.96. The SMILES string of the molecule is CCNC(=O)c1ccc(N(C)C2CCc3ccccc32)nc1. The van der Waals surface area contributed by atoms with Crippen LogP contribution in [0.5, 0.6) is 0 Å². The van der Waals surface area contributed by atoms with Crippen LogP contribution in [0.1, 0.15) is 40.9 Å². The molecule has 1 amide bonds. The third kappa shape index (κ3) is 2.69. The lowest BCUT2D eigenvalue weighted by Gasteiger charge is -2.26. The van der Waals surface area contributed by atoms with Gasteiger partial charge in [0.2, 0.25) is 0 Å². The number of nitrogens with one attached hydrogen (secondary N) is 1. The van der Waals surface area contributed by atoms with Crippen molar-refractivity contribution in [3.63, 3.8) is 0 Å². The smallest absolute Gasteiger partial charge is 0.252 e. The second kappa shape index (κ2) is 6.18. The van der Waals surface area contributed by atoms with Crippen molar-refractivity contribution in [2.75, 3.05) is 18.5 Å². The summed E-state index contributed by atoms with van der Waals surface area (Å²) in [7, 11) is 2.07. The van der Waals surface area contributed by atoms with E-state index >= 15 is 0 Å². The van der Waals surface area contributed by atoms with Crippen LogP contribution in [-0.2, 0) is 6.42 Å². The Morgan fingerprint density at radius 1 is 1.32 bits per heavy atom. The minimum atomic E-state index is -0.0737. The van der Waals surface area contributed by atoms with E-state index in [4.69, 9.17) is 0 Å². The topological polar surface area (TPSA) is 45.2 Å². The molecule has 4 heteroatoms. The molecule has 1 N–H and O–H groups in total. The van der Waals surface area contributed by atoms with Crippen LogP contribution < -0.4 is 10.2 Å². The molecule has 2 aromatic rings. The largest absolute Gasteiger partial charge is 0.353 e. The number of anilines is 1. The van der Waals surface area contributed by atoms with Gasteiger partial charge < -0.3 is 10.2 Å². The number of rotatable bonds is 4. The average Bonchev–Trinajstić information content (AvgIpc) is 2.98. The Labute approximate surface area is 131 Å². The zero-order valence-electron chi connectivity index (χ0n) is 13.0. The molecule has 1 atom stereocenters. The molecule has 0 saturated heterocycles. The van der Waals surface area contributed by atoms with Gasteiger partial charge in [0, 0.05) is 19.8 Å². The number of nitrogens with zero attached hydrogens (tertiary/aromatic N) is 2. The molecule has 3 rings (SSSR count). The van der Waals surface area contributed by atoms with E-state index in [1.165, 1.54) is 11.1 Å². The first kappa shape index (κ1) is 14.6. The van der Waals surface area contributed by atoms with E-state index in [2.05, 4.69) is 46.5 Å². The van der Waals surface area contributed by atoms with Gasteiger partial charge in [-0.2, -0.15) is 0 Å². The number of carbonyl (C=O) groups excluding carboxylic acids is 1. The van der Waals surface area contributed by atoms with Gasteiger partial charge in [-0.1, -0.05) is 24.3 Å². The standard InChI is InChI=1S/C18H21N3O/c1-3-19-18(22)14-9-11-17(20-12-14)21(2)16-10-8-13-6-4-5-7-15(13)16/h4-7,9,11-12,16H,3,8,10H2,1-2H3,(H,19,22). The van der Waals surface area contributed by atoms with Gasteiger partial charge in [-0.15, -0.1) is 0 Å². The Balaban J connectivity index is 1.79. The summed E-state index contributed by atoms with van der Waals surface area (Å²) in [6, 6.07) is 12.7. The molecule has 0 aliphatic heterocycles. The summed E-state index contributed by atoms with van der Waals surface area (Å²) in [5.41, 5.74) is 3.42. The Morgan fingerprint density at radius 2 is 2.14 bits per heavy atom. The second-order valence-corrected chi connectivity index (χ2v) is 5.63. The van der Waals surface area contributed by atoms with Gasteiger partial charge in [0.05, 0.1) is 11.6 Å². The fraction of sp³-hybridized carbons (Fsp3) is 0.333. The van der Waals surface area contributed by atoms with Crippen LogP contribution in [0.3, 0.4) is 0 Å². The van der Waals surface area contributed by atoms with Crippen molar-refractivity contribution in [3.05, 3.63) is 59.3 Å². The number of aromatic nitrogens is 1. The first-order valence-electron chi connectivity index (χ1n) is 7.75. The molecule has 4 nitrogen and oxygen atoms in total. The fourth-order valence-corrected chi connectivity index (χ4v) is 3.09. The molecular weight excluding hydrogens is 274 g/mol. The third-order valence-corrected chi connectivity index (χ3v) is 4.28. The molecule has 1 aromatic heterocycles. The molecule has 1 aliphatic rings. The Kier molecular flexibility index (Phi) is 4.09. The number of hydrogen-bond acceptors (Lipinski definition) is 3. The van der Waals surface area contributed by atoms with E-state index in [1.807, 2.05) is 19.1 Å². The molecule has 0 spiro atoms. The Bertz CT molecular complexity index is 666. The van der Waals surface area contributed by atoms with Gasteiger partial charge in [0.15, 0.2) is 0 Å². The van der Waals surface area contributed by atoms with Crippen molar-refractivity contribution in [1.82, 2.24) is 10.3 Å². The van der Waals surface area contributed by atoms with Crippen LogP contribution in [0.2, 0.25) is 0 Å². The van der Waals surface area contributed by atoms with Crippen LogP contribution in [0.15, 0.2) is 42.6 Å². The summed E-state index contributed by atoms with van der Waals surface area (Å²) < 4.78 is 0. The van der Waals surface area contributed by atoms with Crippen molar-refractivity contribution in [2.45, 2.75) is 25.8 Å². The summed E-state index contributed by atoms with van der Waals surface area (Å²) in [6.07, 6.45) is 3.87. The fourth-order valence-electron chi connectivity index (χ4n) is 3.09. The average molecular weight is 295 g/mol. The molecule has 0 fully saturated rings. The molecular formula is C18H21N3O. The zero-order chi connectivity index (χ0) is 15.5. The number of fused-ring (bicyclic) bond motifs is 1. The van der Waals surface area contributed by atoms with E-state index in [0.717, 1.165) is 18.7 Å². The molecule has 0 bridgehead atoms. The van der Waals surface area contributed by atoms with Gasteiger partial charge in [-0.3, -0.25) is 4.79 Å². The number of pyridine rings is 1. The van der Waals surface area contributed by atoms with Crippen LogP contribution >= 0.6 is 0 Å². The van der Waals surface area contributed by atoms with Gasteiger partial charge in [0.1, 0.15) is 5.82 Å². The quantitative estimate of drug-likeness (QED) is 0.943. The lowest BCUT2D eigenvalue weighted by atomic mass is 10.1. The molecule has 1 heterocycles. The maximum Gasteiger partial charge on any atom is 0.252 e. The molecule has 1 unspecified atom stereocenters. The Hall–Kier alpha value is -2.36. The molecule has 22 heavy (non-hydrogen) atoms. The summed E-state index contributed by atoms with van der Waals surface area (Å²) in [6.45, 7) is 2.53. The van der Waals surface area contributed by atoms with Crippen molar-refractivity contribution in [3.8, 4) is 0 Å². The van der Waals surface area contributed by atoms with Crippen molar-refractivity contribution in [2.24, 2.45) is 0 Å². The zero-order valence-corrected chi connectivity index (χ0v) is 13.0. The lowest BCUT2D eigenvalue weighted by molar-refractivity contribution is 0.0955. The molecule has 0 radical (unpaired) electrons. The highest BCUT2D eigenvalue weighted by atomic mass is 16.1. The lowest BCUT2D eigenvalue weighted by Crippen LogP contribution is -2.25. The minimum Gasteiger partial charge on any atom is -0.353 e. The minimum absolute atomic E-state index is 0.0737. The van der Waals surface area contributed by atoms with Crippen molar-refractivity contribution in [1.29, 1.82) is 0 Å². The number of hydrogen-bond donors (Lipinski definition) is 1. The van der Waals surface area contributed by atoms with E-state index < -0.39 is 0 Å². The molecule has 114 valence electrons. The van der Waals surface area contributed by atoms with Crippen LogP contribution in [-0.4, -0.2) is 24.5 Å². The van der Waals surface area contributed by atoms with Crippen molar-refractivity contribution < 1.29 is 4.79 Å². The van der Waals surface area contributed by atoms with E-state index in [9.17, 15) is 4.79 Å². The summed E-state index contributed by atoms with van der Waals surface area (Å²) in [5.74, 6) is 0.824. The first-order chi connectivity index (χ1) is 10.7. The maximum atomic E-state index is 11.8. The number of carbonyl (C=O) groups is 1. The van der Waals surface area contributed by atoms with Gasteiger partial charge in [-0.25, -0.2) is 4.98 Å². The normalized spacial score (nSPS) is 16.2. The predicted molar refractivity (Wildman–Crippen MR) is 88.2 cm³/mol. The van der Waals surface area contributed by atoms with E-state index in [1.54, 1.807) is 6.20 Å². The first-order valence-corrected chi connectivity index (χ1v) is 7.75. The highest BCUT2D eigenvalue weighted by Gasteiger charge is 2.26. The van der Waals surface area contributed by atoms with Gasteiger partial charge in [0.25, 0.3) is 5.91 Å². The van der Waals surface area contributed by atoms with Gasteiger partial charge in [-0.05, 0) is 43.0 Å². The summed E-state index contributed by atoms with van der Waals surface area (Å²) in [5, 5.41) is 2.79. The van der Waals surface area contributed by atoms with E-state index in [0.29, 0.717) is 18.2 Å². The van der Waals surface area contributed by atoms with Crippen molar-refractivity contribution >= 4 is 11.7 Å². The summed E-state index contributed by atoms with van der Waals surface area (Å²) in [4.78, 5) is 18.4. The monoisotopic (exact) mass is 295 g/mol. The van der Waals surface area contributed by atoms with Crippen LogP contribution in [0.4, 0.5) is 5.82 Å². The third-order valence-electron chi connectivity index (χ3n) is 4.28. The highest BCUT2D eigenvalue weighted by Crippen LogP contribution is 2.36. The van der Waals surface area contributed by atoms with Gasteiger partial charge >= 0.3 is 0 Å². The number of benzene rings is 1. The molecule has 1 aromatic carbocycles. The molecule has 1 aliphatic carbocycles. The molecule has 0 saturated carbocycles.